The highest BCUT2D eigenvalue weighted by atomic mass is 79.9. The van der Waals surface area contributed by atoms with Crippen LogP contribution in [0, 0.1) is 5.82 Å². The van der Waals surface area contributed by atoms with Crippen LogP contribution in [0.5, 0.6) is 0 Å². The van der Waals surface area contributed by atoms with Gasteiger partial charge in [-0.1, -0.05) is 12.1 Å². The standard InChI is InChI=1S/C12H8BrF2NO4S2/c13-9-3-1-2-4-11(9)16-22(19,20)8-5-6-10(14)12(7-8)21(15,17)18/h1-7,16H. The highest BCUT2D eigenvalue weighted by Gasteiger charge is 2.23. The number of nitrogens with one attached hydrogen (secondary N) is 1. The van der Waals surface area contributed by atoms with Crippen LogP contribution < -0.4 is 4.72 Å². The molecule has 0 unspecified atom stereocenters. The summed E-state index contributed by atoms with van der Waals surface area (Å²) in [5, 5.41) is 0. The molecule has 0 aliphatic rings. The molecular weight excluding hydrogens is 404 g/mol. The Morgan fingerprint density at radius 1 is 1.00 bits per heavy atom. The van der Waals surface area contributed by atoms with Crippen molar-refractivity contribution in [3.8, 4) is 0 Å². The second kappa shape index (κ2) is 5.94. The predicted molar refractivity (Wildman–Crippen MR) is 79.6 cm³/mol. The molecule has 2 aromatic rings. The molecule has 0 amide bonds. The number of sulfonamides is 1. The zero-order valence-corrected chi connectivity index (χ0v) is 13.8. The smallest absolute Gasteiger partial charge is 0.278 e. The molecule has 0 aliphatic heterocycles. The van der Waals surface area contributed by atoms with Gasteiger partial charge in [-0.2, -0.15) is 8.42 Å². The third kappa shape index (κ3) is 3.62. The summed E-state index contributed by atoms with van der Waals surface area (Å²) >= 11 is 3.14. The molecule has 0 atom stereocenters. The summed E-state index contributed by atoms with van der Waals surface area (Å²) < 4.78 is 74.9. The molecular formula is C12H8BrF2NO4S2. The molecule has 0 fully saturated rings. The van der Waals surface area contributed by atoms with Crippen LogP contribution in [0.2, 0.25) is 0 Å². The van der Waals surface area contributed by atoms with Crippen molar-refractivity contribution in [2.75, 3.05) is 4.72 Å². The molecule has 5 nitrogen and oxygen atoms in total. The van der Waals surface area contributed by atoms with Crippen LogP contribution in [0.1, 0.15) is 0 Å². The van der Waals surface area contributed by atoms with Crippen LogP contribution in [-0.4, -0.2) is 16.8 Å². The summed E-state index contributed by atoms with van der Waals surface area (Å²) in [6, 6.07) is 8.10. The normalized spacial score (nSPS) is 12.1. The van der Waals surface area contributed by atoms with Crippen LogP contribution in [0.3, 0.4) is 0 Å². The molecule has 2 aromatic carbocycles. The van der Waals surface area contributed by atoms with Crippen molar-refractivity contribution in [1.29, 1.82) is 0 Å². The number of rotatable bonds is 4. The van der Waals surface area contributed by atoms with Gasteiger partial charge < -0.3 is 0 Å². The summed E-state index contributed by atoms with van der Waals surface area (Å²) in [4.78, 5) is -1.91. The first kappa shape index (κ1) is 16.8. The first-order chi connectivity index (χ1) is 10.1. The molecule has 0 saturated heterocycles. The molecule has 2 rings (SSSR count). The number of benzene rings is 2. The van der Waals surface area contributed by atoms with Crippen LogP contribution in [-0.2, 0) is 20.2 Å². The Balaban J connectivity index is 2.49. The second-order valence-corrected chi connectivity index (χ2v) is 7.97. The van der Waals surface area contributed by atoms with Crippen molar-refractivity contribution >= 4 is 41.9 Å². The lowest BCUT2D eigenvalue weighted by Crippen LogP contribution is -2.14. The van der Waals surface area contributed by atoms with Gasteiger partial charge in [-0.05, 0) is 46.3 Å². The van der Waals surface area contributed by atoms with E-state index in [0.29, 0.717) is 16.6 Å². The van der Waals surface area contributed by atoms with Gasteiger partial charge in [0.25, 0.3) is 10.0 Å². The van der Waals surface area contributed by atoms with E-state index in [9.17, 15) is 25.1 Å². The van der Waals surface area contributed by atoms with E-state index in [4.69, 9.17) is 0 Å². The third-order valence-electron chi connectivity index (χ3n) is 2.59. The maximum absolute atomic E-state index is 13.3. The summed E-state index contributed by atoms with van der Waals surface area (Å²) in [5.74, 6) is -1.37. The van der Waals surface area contributed by atoms with Crippen LogP contribution in [0.15, 0.2) is 56.7 Å². The molecule has 1 N–H and O–H groups in total. The fourth-order valence-electron chi connectivity index (χ4n) is 1.59. The van der Waals surface area contributed by atoms with Gasteiger partial charge in [-0.15, -0.1) is 3.89 Å². The Morgan fingerprint density at radius 3 is 2.23 bits per heavy atom. The lowest BCUT2D eigenvalue weighted by atomic mass is 10.3. The second-order valence-electron chi connectivity index (χ2n) is 4.12. The van der Waals surface area contributed by atoms with E-state index in [0.717, 1.165) is 6.07 Å². The maximum Gasteiger partial charge on any atom is 0.335 e. The van der Waals surface area contributed by atoms with Crippen LogP contribution in [0.4, 0.5) is 14.0 Å². The van der Waals surface area contributed by atoms with Crippen LogP contribution >= 0.6 is 15.9 Å². The molecule has 0 aromatic heterocycles. The van der Waals surface area contributed by atoms with E-state index >= 15 is 0 Å². The highest BCUT2D eigenvalue weighted by molar-refractivity contribution is 9.10. The van der Waals surface area contributed by atoms with E-state index in [1.807, 2.05) is 0 Å². The van der Waals surface area contributed by atoms with Gasteiger partial charge in [0, 0.05) is 4.47 Å². The predicted octanol–water partition coefficient (Wildman–Crippen LogP) is 3.05. The van der Waals surface area contributed by atoms with Gasteiger partial charge in [-0.25, -0.2) is 12.8 Å². The van der Waals surface area contributed by atoms with Crippen LogP contribution in [0.25, 0.3) is 0 Å². The first-order valence-corrected chi connectivity index (χ1v) is 9.29. The number of hydrogen-bond acceptors (Lipinski definition) is 4. The SMILES string of the molecule is O=S(=O)(F)c1cc(S(=O)(=O)Nc2ccccc2Br)ccc1F. The van der Waals surface area contributed by atoms with Gasteiger partial charge >= 0.3 is 10.2 Å². The Hall–Kier alpha value is -1.52. The van der Waals surface area contributed by atoms with Gasteiger partial charge in [-0.3, -0.25) is 4.72 Å². The van der Waals surface area contributed by atoms with Crippen molar-refractivity contribution in [2.24, 2.45) is 0 Å². The van der Waals surface area contributed by atoms with Crippen molar-refractivity contribution < 1.29 is 25.1 Å². The first-order valence-electron chi connectivity index (χ1n) is 5.63. The minimum absolute atomic E-state index is 0.191. The minimum atomic E-state index is -5.37. The van der Waals surface area contributed by atoms with E-state index in [1.165, 1.54) is 6.07 Å². The molecule has 22 heavy (non-hydrogen) atoms. The zero-order chi connectivity index (χ0) is 16.5. The largest absolute Gasteiger partial charge is 0.335 e. The molecule has 118 valence electrons. The molecule has 0 saturated carbocycles. The number of hydrogen-bond donors (Lipinski definition) is 1. The van der Waals surface area contributed by atoms with Crippen molar-refractivity contribution in [2.45, 2.75) is 9.79 Å². The quantitative estimate of drug-likeness (QED) is 0.783. The summed E-state index contributed by atoms with van der Waals surface area (Å²) in [6.07, 6.45) is 0. The van der Waals surface area contributed by atoms with Crippen molar-refractivity contribution in [1.82, 2.24) is 0 Å². The Kier molecular flexibility index (Phi) is 4.54. The van der Waals surface area contributed by atoms with Gasteiger partial charge in [0.1, 0.15) is 10.7 Å². The molecule has 0 spiro atoms. The maximum atomic E-state index is 13.3. The van der Waals surface area contributed by atoms with Crippen molar-refractivity contribution in [3.05, 3.63) is 52.8 Å². The van der Waals surface area contributed by atoms with Gasteiger partial charge in [0.15, 0.2) is 0 Å². The Morgan fingerprint density at radius 2 is 1.64 bits per heavy atom. The lowest BCUT2D eigenvalue weighted by Gasteiger charge is -2.10. The average molecular weight is 412 g/mol. The number of halogens is 3. The van der Waals surface area contributed by atoms with Gasteiger partial charge in [0.05, 0.1) is 10.6 Å². The summed E-state index contributed by atoms with van der Waals surface area (Å²) in [6.45, 7) is 0. The Labute approximate surface area is 134 Å². The molecule has 10 heteroatoms. The fraction of sp³-hybridized carbons (Fsp3) is 0. The van der Waals surface area contributed by atoms with Gasteiger partial charge in [0.2, 0.25) is 0 Å². The monoisotopic (exact) mass is 411 g/mol. The Bertz CT molecular complexity index is 930. The fourth-order valence-corrected chi connectivity index (χ4v) is 3.85. The molecule has 0 heterocycles. The highest BCUT2D eigenvalue weighted by Crippen LogP contribution is 2.26. The van der Waals surface area contributed by atoms with E-state index in [2.05, 4.69) is 20.7 Å². The topological polar surface area (TPSA) is 80.3 Å². The summed E-state index contributed by atoms with van der Waals surface area (Å²) in [7, 11) is -9.59. The van der Waals surface area contributed by atoms with E-state index in [-0.39, 0.29) is 5.69 Å². The number of anilines is 1. The average Bonchev–Trinajstić information content (AvgIpc) is 2.40. The van der Waals surface area contributed by atoms with E-state index in [1.54, 1.807) is 18.2 Å². The van der Waals surface area contributed by atoms with Crippen molar-refractivity contribution in [3.63, 3.8) is 0 Å². The van der Waals surface area contributed by atoms with E-state index < -0.39 is 35.9 Å². The number of para-hydroxylation sites is 1. The molecule has 0 aliphatic carbocycles. The lowest BCUT2D eigenvalue weighted by molar-refractivity contribution is 0.532. The summed E-state index contributed by atoms with van der Waals surface area (Å²) in [5.41, 5.74) is 0.191. The molecule has 0 bridgehead atoms. The zero-order valence-electron chi connectivity index (χ0n) is 10.6. The minimum Gasteiger partial charge on any atom is -0.278 e. The third-order valence-corrected chi connectivity index (χ3v) is 5.49. The molecule has 0 radical (unpaired) electrons.